The van der Waals surface area contributed by atoms with Crippen LogP contribution in [0.3, 0.4) is 0 Å². The van der Waals surface area contributed by atoms with Gasteiger partial charge in [0, 0.05) is 23.2 Å². The molecule has 0 amide bonds. The van der Waals surface area contributed by atoms with Crippen molar-refractivity contribution in [1.29, 1.82) is 0 Å². The lowest BCUT2D eigenvalue weighted by Crippen LogP contribution is -2.13. The molecule has 0 aliphatic carbocycles. The summed E-state index contributed by atoms with van der Waals surface area (Å²) < 4.78 is 5.24. The molecule has 25 heavy (non-hydrogen) atoms. The second-order valence-corrected chi connectivity index (χ2v) is 5.68. The maximum absolute atomic E-state index is 5.24. The minimum atomic E-state index is 0. The first-order valence-corrected chi connectivity index (χ1v) is 8.24. The Morgan fingerprint density at radius 1 is 1.00 bits per heavy atom. The van der Waals surface area contributed by atoms with Gasteiger partial charge in [-0.3, -0.25) is 0 Å². The molecule has 0 aliphatic heterocycles. The van der Waals surface area contributed by atoms with E-state index < -0.39 is 0 Å². The Kier molecular flexibility index (Phi) is 7.04. The molecule has 0 fully saturated rings. The van der Waals surface area contributed by atoms with E-state index in [-0.39, 0.29) is 12.4 Å². The minimum Gasteiger partial charge on any atom is -0.497 e. The van der Waals surface area contributed by atoms with Crippen molar-refractivity contribution < 1.29 is 4.74 Å². The Morgan fingerprint density at radius 2 is 1.76 bits per heavy atom. The second-order valence-electron chi connectivity index (χ2n) is 5.68. The molecule has 0 atom stereocenters. The Labute approximate surface area is 155 Å². The number of fused-ring (bicyclic) bond motifs is 1. The molecule has 0 bridgehead atoms. The van der Waals surface area contributed by atoms with E-state index in [1.807, 2.05) is 37.4 Å². The quantitative estimate of drug-likeness (QED) is 0.617. The van der Waals surface area contributed by atoms with Gasteiger partial charge in [-0.25, -0.2) is 4.98 Å². The van der Waals surface area contributed by atoms with Crippen LogP contribution in [-0.2, 0) is 0 Å². The average molecular weight is 358 g/mol. The number of pyridine rings is 1. The lowest BCUT2D eigenvalue weighted by atomic mass is 10.1. The number of aromatic nitrogens is 1. The Hall–Kier alpha value is -2.30. The predicted octanol–water partition coefficient (Wildman–Crippen LogP) is 4.35. The molecule has 0 saturated carbocycles. The van der Waals surface area contributed by atoms with Crippen LogP contribution in [0.4, 0.5) is 5.69 Å². The molecule has 5 heteroatoms. The third-order valence-corrected chi connectivity index (χ3v) is 4.02. The normalized spacial score (nSPS) is 10.3. The highest BCUT2D eigenvalue weighted by atomic mass is 35.5. The fourth-order valence-electron chi connectivity index (χ4n) is 2.72. The Morgan fingerprint density at radius 3 is 2.48 bits per heavy atom. The SMILES string of the molecule is CNCCCNc1cc(-c2ccc(OC)cc2)nc2ccccc12.Cl. The first-order chi connectivity index (χ1) is 11.8. The van der Waals surface area contributed by atoms with Crippen molar-refractivity contribution >= 4 is 29.0 Å². The molecule has 1 heterocycles. The summed E-state index contributed by atoms with van der Waals surface area (Å²) in [5, 5.41) is 7.88. The van der Waals surface area contributed by atoms with Gasteiger partial charge >= 0.3 is 0 Å². The molecule has 0 radical (unpaired) electrons. The number of para-hydroxylation sites is 1. The lowest BCUT2D eigenvalue weighted by molar-refractivity contribution is 0.415. The standard InChI is InChI=1S/C20H23N3O.ClH/c1-21-12-5-13-22-20-14-19(15-8-10-16(24-2)11-9-15)23-18-7-4-3-6-17(18)20;/h3-4,6-11,14,21H,5,12-13H2,1-2H3,(H,22,23);1H. The van der Waals surface area contributed by atoms with E-state index in [4.69, 9.17) is 9.72 Å². The molecule has 1 aromatic heterocycles. The number of nitrogens with zero attached hydrogens (tertiary/aromatic N) is 1. The molecular formula is C20H24ClN3O. The van der Waals surface area contributed by atoms with Crippen molar-refractivity contribution in [3.63, 3.8) is 0 Å². The zero-order valence-electron chi connectivity index (χ0n) is 14.6. The van der Waals surface area contributed by atoms with E-state index in [0.717, 1.165) is 53.1 Å². The van der Waals surface area contributed by atoms with E-state index in [2.05, 4.69) is 34.9 Å². The molecule has 4 nitrogen and oxygen atoms in total. The van der Waals surface area contributed by atoms with Crippen LogP contribution >= 0.6 is 12.4 Å². The van der Waals surface area contributed by atoms with E-state index in [1.54, 1.807) is 7.11 Å². The van der Waals surface area contributed by atoms with Gasteiger partial charge in [0.1, 0.15) is 5.75 Å². The van der Waals surface area contributed by atoms with Crippen LogP contribution in [-0.4, -0.2) is 32.2 Å². The number of nitrogens with one attached hydrogen (secondary N) is 2. The smallest absolute Gasteiger partial charge is 0.118 e. The summed E-state index contributed by atoms with van der Waals surface area (Å²) in [5.41, 5.74) is 4.18. The Balaban J connectivity index is 0.00000225. The first-order valence-electron chi connectivity index (χ1n) is 8.24. The molecule has 3 aromatic rings. The minimum absolute atomic E-state index is 0. The molecule has 132 valence electrons. The van der Waals surface area contributed by atoms with Gasteiger partial charge in [-0.2, -0.15) is 0 Å². The number of hydrogen-bond donors (Lipinski definition) is 2. The summed E-state index contributed by atoms with van der Waals surface area (Å²) in [6.07, 6.45) is 1.07. The maximum Gasteiger partial charge on any atom is 0.118 e. The summed E-state index contributed by atoms with van der Waals surface area (Å²) in [7, 11) is 3.65. The predicted molar refractivity (Wildman–Crippen MR) is 108 cm³/mol. The number of benzene rings is 2. The van der Waals surface area contributed by atoms with Gasteiger partial charge in [0.05, 0.1) is 18.3 Å². The van der Waals surface area contributed by atoms with Gasteiger partial charge < -0.3 is 15.4 Å². The summed E-state index contributed by atoms with van der Waals surface area (Å²) in [4.78, 5) is 4.81. The van der Waals surface area contributed by atoms with Crippen molar-refractivity contribution in [1.82, 2.24) is 10.3 Å². The van der Waals surface area contributed by atoms with E-state index in [1.165, 1.54) is 0 Å². The highest BCUT2D eigenvalue weighted by molar-refractivity contribution is 5.93. The van der Waals surface area contributed by atoms with Crippen LogP contribution in [0, 0.1) is 0 Å². The second kappa shape index (κ2) is 9.25. The number of methoxy groups -OCH3 is 1. The average Bonchev–Trinajstić information content (AvgIpc) is 2.65. The third kappa shape index (κ3) is 4.62. The van der Waals surface area contributed by atoms with Gasteiger partial charge in [-0.15, -0.1) is 12.4 Å². The largest absolute Gasteiger partial charge is 0.497 e. The monoisotopic (exact) mass is 357 g/mol. The molecule has 2 N–H and O–H groups in total. The van der Waals surface area contributed by atoms with E-state index >= 15 is 0 Å². The van der Waals surface area contributed by atoms with Crippen LogP contribution in [0.2, 0.25) is 0 Å². The van der Waals surface area contributed by atoms with Crippen LogP contribution in [0.25, 0.3) is 22.2 Å². The maximum atomic E-state index is 5.24. The van der Waals surface area contributed by atoms with Gasteiger partial charge in [0.2, 0.25) is 0 Å². The highest BCUT2D eigenvalue weighted by Crippen LogP contribution is 2.29. The summed E-state index contributed by atoms with van der Waals surface area (Å²) >= 11 is 0. The van der Waals surface area contributed by atoms with Crippen molar-refractivity contribution in [2.45, 2.75) is 6.42 Å². The molecule has 0 aliphatic rings. The van der Waals surface area contributed by atoms with Gasteiger partial charge in [0.25, 0.3) is 0 Å². The van der Waals surface area contributed by atoms with Crippen LogP contribution < -0.4 is 15.4 Å². The zero-order chi connectivity index (χ0) is 16.8. The number of anilines is 1. The van der Waals surface area contributed by atoms with Gasteiger partial charge in [-0.1, -0.05) is 18.2 Å². The van der Waals surface area contributed by atoms with Crippen LogP contribution in [0.15, 0.2) is 54.6 Å². The topological polar surface area (TPSA) is 46.2 Å². The van der Waals surface area contributed by atoms with Crippen molar-refractivity contribution in [3.05, 3.63) is 54.6 Å². The fourth-order valence-corrected chi connectivity index (χ4v) is 2.72. The number of rotatable bonds is 7. The Bertz CT molecular complexity index is 806. The number of halogens is 1. The van der Waals surface area contributed by atoms with Gasteiger partial charge in [0.15, 0.2) is 0 Å². The summed E-state index contributed by atoms with van der Waals surface area (Å²) in [6.45, 7) is 1.93. The summed E-state index contributed by atoms with van der Waals surface area (Å²) in [5.74, 6) is 0.852. The molecule has 0 unspecified atom stereocenters. The number of hydrogen-bond acceptors (Lipinski definition) is 4. The summed E-state index contributed by atoms with van der Waals surface area (Å²) in [6, 6.07) is 18.4. The number of ether oxygens (including phenoxy) is 1. The van der Waals surface area contributed by atoms with Crippen LogP contribution in [0.1, 0.15) is 6.42 Å². The molecule has 0 spiro atoms. The van der Waals surface area contributed by atoms with Crippen molar-refractivity contribution in [2.24, 2.45) is 0 Å². The molecular weight excluding hydrogens is 334 g/mol. The third-order valence-electron chi connectivity index (χ3n) is 4.02. The van der Waals surface area contributed by atoms with Gasteiger partial charge in [-0.05, 0) is 56.4 Å². The first kappa shape index (κ1) is 19.0. The molecule has 3 rings (SSSR count). The highest BCUT2D eigenvalue weighted by Gasteiger charge is 2.07. The zero-order valence-corrected chi connectivity index (χ0v) is 15.4. The van der Waals surface area contributed by atoms with Crippen molar-refractivity contribution in [2.75, 3.05) is 32.6 Å². The van der Waals surface area contributed by atoms with E-state index in [0.29, 0.717) is 0 Å². The molecule has 0 saturated heterocycles. The molecule has 2 aromatic carbocycles. The van der Waals surface area contributed by atoms with Crippen LogP contribution in [0.5, 0.6) is 5.75 Å². The fraction of sp³-hybridized carbons (Fsp3) is 0.250. The van der Waals surface area contributed by atoms with Crippen molar-refractivity contribution in [3.8, 4) is 17.0 Å². The lowest BCUT2D eigenvalue weighted by Gasteiger charge is -2.12. The van der Waals surface area contributed by atoms with E-state index in [9.17, 15) is 0 Å².